The standard InChI is InChI=1S/C24H18F3NO3/c1-30-19-12-11-16(13-20(19)31-2)28-22-17-5-3-4-6-18(17)23(29)21(22)14-7-9-15(10-8-14)24(25,26)27/h3-13,28H,1-2H3. The quantitative estimate of drug-likeness (QED) is 0.553. The van der Waals surface area contributed by atoms with E-state index in [9.17, 15) is 18.0 Å². The fraction of sp³-hybridized carbons (Fsp3) is 0.125. The molecular weight excluding hydrogens is 407 g/mol. The summed E-state index contributed by atoms with van der Waals surface area (Å²) in [6.45, 7) is 0. The summed E-state index contributed by atoms with van der Waals surface area (Å²) in [6.07, 6.45) is -4.45. The number of fused-ring (bicyclic) bond motifs is 1. The van der Waals surface area contributed by atoms with Crippen molar-refractivity contribution in [2.24, 2.45) is 0 Å². The van der Waals surface area contributed by atoms with Gasteiger partial charge < -0.3 is 14.8 Å². The van der Waals surface area contributed by atoms with Crippen molar-refractivity contribution in [1.29, 1.82) is 0 Å². The van der Waals surface area contributed by atoms with Crippen LogP contribution in [0.1, 0.15) is 27.0 Å². The molecule has 0 atom stereocenters. The van der Waals surface area contributed by atoms with Gasteiger partial charge in [0.1, 0.15) is 0 Å². The molecule has 0 aromatic heterocycles. The van der Waals surface area contributed by atoms with Crippen molar-refractivity contribution in [1.82, 2.24) is 0 Å². The molecule has 0 saturated heterocycles. The first-order chi connectivity index (χ1) is 14.8. The van der Waals surface area contributed by atoms with Crippen LogP contribution >= 0.6 is 0 Å². The van der Waals surface area contributed by atoms with Gasteiger partial charge in [0.25, 0.3) is 0 Å². The zero-order valence-electron chi connectivity index (χ0n) is 16.7. The van der Waals surface area contributed by atoms with Crippen molar-refractivity contribution >= 4 is 22.7 Å². The lowest BCUT2D eigenvalue weighted by atomic mass is 10.00. The van der Waals surface area contributed by atoms with Crippen molar-refractivity contribution in [3.8, 4) is 11.5 Å². The van der Waals surface area contributed by atoms with Gasteiger partial charge in [0, 0.05) is 22.9 Å². The summed E-state index contributed by atoms with van der Waals surface area (Å²) in [6, 6.07) is 16.9. The molecule has 1 aliphatic carbocycles. The minimum Gasteiger partial charge on any atom is -0.493 e. The van der Waals surface area contributed by atoms with Crippen LogP contribution in [0.5, 0.6) is 11.5 Å². The molecule has 158 valence electrons. The first kappa shape index (κ1) is 20.5. The van der Waals surface area contributed by atoms with Crippen LogP contribution in [0.2, 0.25) is 0 Å². The molecule has 4 rings (SSSR count). The summed E-state index contributed by atoms with van der Waals surface area (Å²) < 4.78 is 49.5. The highest BCUT2D eigenvalue weighted by Gasteiger charge is 2.33. The number of ketones is 1. The van der Waals surface area contributed by atoms with E-state index in [0.717, 1.165) is 12.1 Å². The monoisotopic (exact) mass is 425 g/mol. The third kappa shape index (κ3) is 3.74. The maximum atomic E-state index is 13.1. The highest BCUT2D eigenvalue weighted by molar-refractivity contribution is 6.40. The van der Waals surface area contributed by atoms with Gasteiger partial charge in [-0.1, -0.05) is 36.4 Å². The van der Waals surface area contributed by atoms with Crippen molar-refractivity contribution < 1.29 is 27.4 Å². The molecule has 3 aromatic carbocycles. The number of hydrogen-bond donors (Lipinski definition) is 1. The van der Waals surface area contributed by atoms with Gasteiger partial charge in [-0.15, -0.1) is 0 Å². The average Bonchev–Trinajstić information content (AvgIpc) is 3.05. The van der Waals surface area contributed by atoms with Gasteiger partial charge in [-0.05, 0) is 29.8 Å². The van der Waals surface area contributed by atoms with Gasteiger partial charge in [0.05, 0.1) is 31.1 Å². The van der Waals surface area contributed by atoms with E-state index in [1.54, 1.807) is 42.5 Å². The van der Waals surface area contributed by atoms with Crippen molar-refractivity contribution in [3.05, 3.63) is 89.0 Å². The Morgan fingerprint density at radius 1 is 0.806 bits per heavy atom. The predicted octanol–water partition coefficient (Wildman–Crippen LogP) is 5.90. The number of nitrogens with one attached hydrogen (secondary N) is 1. The number of rotatable bonds is 5. The number of allylic oxidation sites excluding steroid dienone is 1. The van der Waals surface area contributed by atoms with Crippen LogP contribution in [0.15, 0.2) is 66.7 Å². The van der Waals surface area contributed by atoms with E-state index in [4.69, 9.17) is 9.47 Å². The first-order valence-corrected chi connectivity index (χ1v) is 9.38. The molecule has 1 aliphatic rings. The van der Waals surface area contributed by atoms with Gasteiger partial charge in [0.15, 0.2) is 17.3 Å². The van der Waals surface area contributed by atoms with Crippen LogP contribution in [0.4, 0.5) is 18.9 Å². The third-order valence-electron chi connectivity index (χ3n) is 5.07. The number of alkyl halides is 3. The number of carbonyl (C=O) groups excluding carboxylic acids is 1. The summed E-state index contributed by atoms with van der Waals surface area (Å²) in [5.41, 5.74) is 2.27. The summed E-state index contributed by atoms with van der Waals surface area (Å²) in [5, 5.41) is 3.25. The number of carbonyl (C=O) groups is 1. The van der Waals surface area contributed by atoms with Gasteiger partial charge in [0.2, 0.25) is 0 Å². The number of anilines is 1. The molecule has 0 bridgehead atoms. The molecule has 0 fully saturated rings. The minimum absolute atomic E-state index is 0.252. The van der Waals surface area contributed by atoms with Crippen LogP contribution in [0.3, 0.4) is 0 Å². The van der Waals surface area contributed by atoms with E-state index in [1.165, 1.54) is 26.4 Å². The second kappa shape index (κ2) is 7.83. The Labute approximate surface area is 176 Å². The first-order valence-electron chi connectivity index (χ1n) is 9.38. The molecule has 4 nitrogen and oxygen atoms in total. The Balaban J connectivity index is 1.82. The smallest absolute Gasteiger partial charge is 0.416 e. The minimum atomic E-state index is -4.45. The lowest BCUT2D eigenvalue weighted by molar-refractivity contribution is -0.137. The largest absolute Gasteiger partial charge is 0.493 e. The summed E-state index contributed by atoms with van der Waals surface area (Å²) >= 11 is 0. The third-order valence-corrected chi connectivity index (χ3v) is 5.07. The molecule has 31 heavy (non-hydrogen) atoms. The normalized spacial score (nSPS) is 13.3. The fourth-order valence-corrected chi connectivity index (χ4v) is 3.57. The van der Waals surface area contributed by atoms with Crippen molar-refractivity contribution in [2.75, 3.05) is 19.5 Å². The Bertz CT molecular complexity index is 1180. The Hall–Kier alpha value is -3.74. The number of ether oxygens (including phenoxy) is 2. The number of benzene rings is 3. The lowest BCUT2D eigenvalue weighted by Crippen LogP contribution is -2.06. The zero-order chi connectivity index (χ0) is 22.2. The van der Waals surface area contributed by atoms with Gasteiger partial charge in [-0.3, -0.25) is 4.79 Å². The number of hydrogen-bond acceptors (Lipinski definition) is 4. The molecule has 0 heterocycles. The highest BCUT2D eigenvalue weighted by Crippen LogP contribution is 2.40. The average molecular weight is 425 g/mol. The van der Waals surface area contributed by atoms with Crippen LogP contribution in [0.25, 0.3) is 11.3 Å². The highest BCUT2D eigenvalue weighted by atomic mass is 19.4. The fourth-order valence-electron chi connectivity index (χ4n) is 3.57. The summed E-state index contributed by atoms with van der Waals surface area (Å²) in [5.74, 6) is 0.799. The Morgan fingerprint density at radius 3 is 2.06 bits per heavy atom. The molecule has 1 N–H and O–H groups in total. The molecule has 0 amide bonds. The Kier molecular flexibility index (Phi) is 5.19. The van der Waals surface area contributed by atoms with Gasteiger partial charge in [-0.25, -0.2) is 0 Å². The number of methoxy groups -OCH3 is 2. The second-order valence-electron chi connectivity index (χ2n) is 6.89. The van der Waals surface area contributed by atoms with Gasteiger partial charge >= 0.3 is 6.18 Å². The molecule has 3 aromatic rings. The van der Waals surface area contributed by atoms with Crippen LogP contribution < -0.4 is 14.8 Å². The van der Waals surface area contributed by atoms with Crippen molar-refractivity contribution in [3.63, 3.8) is 0 Å². The van der Waals surface area contributed by atoms with Crippen LogP contribution in [-0.4, -0.2) is 20.0 Å². The van der Waals surface area contributed by atoms with Crippen molar-refractivity contribution in [2.45, 2.75) is 6.18 Å². The summed E-state index contributed by atoms with van der Waals surface area (Å²) in [7, 11) is 3.05. The van der Waals surface area contributed by atoms with E-state index in [1.807, 2.05) is 0 Å². The topological polar surface area (TPSA) is 47.6 Å². The van der Waals surface area contributed by atoms with E-state index >= 15 is 0 Å². The maximum absolute atomic E-state index is 13.1. The molecule has 7 heteroatoms. The van der Waals surface area contributed by atoms with Crippen LogP contribution in [-0.2, 0) is 6.18 Å². The molecule has 0 aliphatic heterocycles. The summed E-state index contributed by atoms with van der Waals surface area (Å²) in [4.78, 5) is 13.1. The molecular formula is C24H18F3NO3. The van der Waals surface area contributed by atoms with E-state index in [2.05, 4.69) is 5.32 Å². The van der Waals surface area contributed by atoms with E-state index in [-0.39, 0.29) is 5.78 Å². The Morgan fingerprint density at radius 2 is 1.45 bits per heavy atom. The predicted molar refractivity (Wildman–Crippen MR) is 112 cm³/mol. The molecule has 0 radical (unpaired) electrons. The molecule has 0 saturated carbocycles. The number of Topliss-reactive ketones (excluding diaryl/α,β-unsaturated/α-hetero) is 1. The van der Waals surface area contributed by atoms with E-state index in [0.29, 0.717) is 45.1 Å². The molecule has 0 spiro atoms. The zero-order valence-corrected chi connectivity index (χ0v) is 16.7. The lowest BCUT2D eigenvalue weighted by Gasteiger charge is -2.14. The molecule has 0 unspecified atom stereocenters. The SMILES string of the molecule is COc1ccc(NC2=C(c3ccc(C(F)(F)F)cc3)C(=O)c3ccccc32)cc1OC. The second-order valence-corrected chi connectivity index (χ2v) is 6.89. The maximum Gasteiger partial charge on any atom is 0.416 e. The number of halogens is 3. The van der Waals surface area contributed by atoms with Crippen LogP contribution in [0, 0.1) is 0 Å². The van der Waals surface area contributed by atoms with Gasteiger partial charge in [-0.2, -0.15) is 13.2 Å². The van der Waals surface area contributed by atoms with E-state index < -0.39 is 11.7 Å².